The summed E-state index contributed by atoms with van der Waals surface area (Å²) in [6.45, 7) is 3.05. The molecule has 0 fully saturated rings. The topological polar surface area (TPSA) is 12.0 Å². The van der Waals surface area contributed by atoms with Gasteiger partial charge in [0.1, 0.15) is 0 Å². The SMILES string of the molecule is C#CCC(NCC)c1csc2ccccc12. The van der Waals surface area contributed by atoms with Gasteiger partial charge in [0.05, 0.1) is 0 Å². The van der Waals surface area contributed by atoms with Crippen molar-refractivity contribution < 1.29 is 0 Å². The Hall–Kier alpha value is -1.30. The Morgan fingerprint density at radius 2 is 2.25 bits per heavy atom. The number of rotatable bonds is 4. The summed E-state index contributed by atoms with van der Waals surface area (Å²) in [6, 6.07) is 8.76. The van der Waals surface area contributed by atoms with Crippen LogP contribution in [0.2, 0.25) is 0 Å². The summed E-state index contributed by atoms with van der Waals surface area (Å²) in [5.74, 6) is 2.75. The molecule has 0 aliphatic carbocycles. The smallest absolute Gasteiger partial charge is 0.0445 e. The molecular formula is C14H15NS. The van der Waals surface area contributed by atoms with Crippen molar-refractivity contribution in [3.63, 3.8) is 0 Å². The molecule has 16 heavy (non-hydrogen) atoms. The van der Waals surface area contributed by atoms with Gasteiger partial charge in [0, 0.05) is 17.2 Å². The zero-order valence-electron chi connectivity index (χ0n) is 9.36. The zero-order chi connectivity index (χ0) is 11.4. The fraction of sp³-hybridized carbons (Fsp3) is 0.286. The van der Waals surface area contributed by atoms with E-state index in [4.69, 9.17) is 6.42 Å². The second kappa shape index (κ2) is 5.16. The standard InChI is InChI=1S/C14H15NS/c1-3-7-13(15-4-2)12-10-16-14-9-6-5-8-11(12)14/h1,5-6,8-10,13,15H,4,7H2,2H3. The van der Waals surface area contributed by atoms with E-state index in [1.165, 1.54) is 15.6 Å². The van der Waals surface area contributed by atoms with Gasteiger partial charge < -0.3 is 5.32 Å². The van der Waals surface area contributed by atoms with Gasteiger partial charge in [0.15, 0.2) is 0 Å². The van der Waals surface area contributed by atoms with Crippen LogP contribution < -0.4 is 5.32 Å². The molecule has 1 unspecified atom stereocenters. The molecule has 1 aromatic carbocycles. The minimum Gasteiger partial charge on any atom is -0.309 e. The average molecular weight is 229 g/mol. The van der Waals surface area contributed by atoms with E-state index in [1.54, 1.807) is 11.3 Å². The number of nitrogens with one attached hydrogen (secondary N) is 1. The average Bonchev–Trinajstić information content (AvgIpc) is 2.72. The van der Waals surface area contributed by atoms with Crippen molar-refractivity contribution in [1.29, 1.82) is 0 Å². The van der Waals surface area contributed by atoms with Crippen molar-refractivity contribution in [3.8, 4) is 12.3 Å². The first-order valence-electron chi connectivity index (χ1n) is 5.49. The van der Waals surface area contributed by atoms with Gasteiger partial charge in [-0.3, -0.25) is 0 Å². The van der Waals surface area contributed by atoms with E-state index in [-0.39, 0.29) is 6.04 Å². The molecule has 2 rings (SSSR count). The maximum absolute atomic E-state index is 5.42. The summed E-state index contributed by atoms with van der Waals surface area (Å²) < 4.78 is 1.33. The van der Waals surface area contributed by atoms with Crippen LogP contribution in [-0.2, 0) is 0 Å². The van der Waals surface area contributed by atoms with Gasteiger partial charge in [-0.2, -0.15) is 0 Å². The molecule has 2 heteroatoms. The lowest BCUT2D eigenvalue weighted by Gasteiger charge is -2.14. The fourth-order valence-electron chi connectivity index (χ4n) is 1.92. The molecule has 0 saturated carbocycles. The Morgan fingerprint density at radius 3 is 3.00 bits per heavy atom. The van der Waals surface area contributed by atoms with Crippen LogP contribution in [0.5, 0.6) is 0 Å². The lowest BCUT2D eigenvalue weighted by Crippen LogP contribution is -2.20. The van der Waals surface area contributed by atoms with Crippen molar-refractivity contribution in [3.05, 3.63) is 35.2 Å². The molecule has 0 aliphatic rings. The molecule has 1 N–H and O–H groups in total. The molecule has 2 aromatic rings. The molecule has 82 valence electrons. The second-order valence-corrected chi connectivity index (χ2v) is 4.62. The van der Waals surface area contributed by atoms with Crippen molar-refractivity contribution >= 4 is 21.4 Å². The van der Waals surface area contributed by atoms with Gasteiger partial charge in [0.25, 0.3) is 0 Å². The first kappa shape index (κ1) is 11.2. The number of terminal acetylenes is 1. The van der Waals surface area contributed by atoms with Gasteiger partial charge in [0.2, 0.25) is 0 Å². The Labute approximate surface area is 100 Å². The van der Waals surface area contributed by atoms with Crippen molar-refractivity contribution in [2.75, 3.05) is 6.54 Å². The number of hydrogen-bond donors (Lipinski definition) is 1. The minimum atomic E-state index is 0.283. The third kappa shape index (κ3) is 2.11. The van der Waals surface area contributed by atoms with Crippen LogP contribution in [0, 0.1) is 12.3 Å². The summed E-state index contributed by atoms with van der Waals surface area (Å²) in [4.78, 5) is 0. The first-order chi connectivity index (χ1) is 7.86. The van der Waals surface area contributed by atoms with Crippen LogP contribution in [-0.4, -0.2) is 6.54 Å². The van der Waals surface area contributed by atoms with E-state index in [1.807, 2.05) is 0 Å². The lowest BCUT2D eigenvalue weighted by atomic mass is 10.0. The monoisotopic (exact) mass is 229 g/mol. The van der Waals surface area contributed by atoms with E-state index in [0.717, 1.165) is 13.0 Å². The minimum absolute atomic E-state index is 0.283. The second-order valence-electron chi connectivity index (χ2n) is 3.71. The van der Waals surface area contributed by atoms with Crippen LogP contribution >= 0.6 is 11.3 Å². The highest BCUT2D eigenvalue weighted by atomic mass is 32.1. The molecule has 0 saturated heterocycles. The molecule has 1 aromatic heterocycles. The van der Waals surface area contributed by atoms with Crippen LogP contribution in [0.25, 0.3) is 10.1 Å². The molecule has 1 atom stereocenters. The summed E-state index contributed by atoms with van der Waals surface area (Å²) in [5.41, 5.74) is 1.33. The van der Waals surface area contributed by atoms with E-state index >= 15 is 0 Å². The number of fused-ring (bicyclic) bond motifs is 1. The Bertz CT molecular complexity index is 507. The Balaban J connectivity index is 2.40. The summed E-state index contributed by atoms with van der Waals surface area (Å²) in [5, 5.41) is 6.99. The maximum atomic E-state index is 5.42. The van der Waals surface area contributed by atoms with E-state index in [0.29, 0.717) is 0 Å². The number of benzene rings is 1. The fourth-order valence-corrected chi connectivity index (χ4v) is 2.94. The zero-order valence-corrected chi connectivity index (χ0v) is 10.2. The Morgan fingerprint density at radius 1 is 1.44 bits per heavy atom. The molecule has 1 heterocycles. The normalized spacial score (nSPS) is 12.5. The summed E-state index contributed by atoms with van der Waals surface area (Å²) in [6.07, 6.45) is 6.17. The van der Waals surface area contributed by atoms with E-state index in [9.17, 15) is 0 Å². The van der Waals surface area contributed by atoms with E-state index < -0.39 is 0 Å². The highest BCUT2D eigenvalue weighted by Gasteiger charge is 2.13. The van der Waals surface area contributed by atoms with Crippen LogP contribution in [0.4, 0.5) is 0 Å². The highest BCUT2D eigenvalue weighted by molar-refractivity contribution is 7.17. The van der Waals surface area contributed by atoms with Gasteiger partial charge in [-0.15, -0.1) is 23.7 Å². The van der Waals surface area contributed by atoms with Crippen LogP contribution in [0.15, 0.2) is 29.6 Å². The van der Waals surface area contributed by atoms with Gasteiger partial charge in [-0.05, 0) is 28.9 Å². The maximum Gasteiger partial charge on any atom is 0.0445 e. The predicted octanol–water partition coefficient (Wildman–Crippen LogP) is 3.58. The predicted molar refractivity (Wildman–Crippen MR) is 71.7 cm³/mol. The van der Waals surface area contributed by atoms with E-state index in [2.05, 4.69) is 47.8 Å². The quantitative estimate of drug-likeness (QED) is 0.790. The molecule has 0 spiro atoms. The molecule has 0 radical (unpaired) electrons. The van der Waals surface area contributed by atoms with Crippen molar-refractivity contribution in [1.82, 2.24) is 5.32 Å². The Kier molecular flexibility index (Phi) is 3.61. The van der Waals surface area contributed by atoms with Crippen LogP contribution in [0.3, 0.4) is 0 Å². The lowest BCUT2D eigenvalue weighted by molar-refractivity contribution is 0.570. The van der Waals surface area contributed by atoms with Crippen LogP contribution in [0.1, 0.15) is 24.9 Å². The van der Waals surface area contributed by atoms with Gasteiger partial charge in [-0.25, -0.2) is 0 Å². The summed E-state index contributed by atoms with van der Waals surface area (Å²) in [7, 11) is 0. The molecule has 0 bridgehead atoms. The number of hydrogen-bond acceptors (Lipinski definition) is 2. The first-order valence-corrected chi connectivity index (χ1v) is 6.37. The van der Waals surface area contributed by atoms with Crippen molar-refractivity contribution in [2.24, 2.45) is 0 Å². The third-order valence-electron chi connectivity index (χ3n) is 2.66. The van der Waals surface area contributed by atoms with Crippen molar-refractivity contribution in [2.45, 2.75) is 19.4 Å². The highest BCUT2D eigenvalue weighted by Crippen LogP contribution is 2.31. The molecular weight excluding hydrogens is 214 g/mol. The number of thiophene rings is 1. The van der Waals surface area contributed by atoms with Gasteiger partial charge >= 0.3 is 0 Å². The van der Waals surface area contributed by atoms with Gasteiger partial charge in [-0.1, -0.05) is 25.1 Å². The molecule has 0 aliphatic heterocycles. The summed E-state index contributed by atoms with van der Waals surface area (Å²) >= 11 is 1.79. The third-order valence-corrected chi connectivity index (χ3v) is 3.64. The molecule has 0 amide bonds. The largest absolute Gasteiger partial charge is 0.309 e. The molecule has 1 nitrogen and oxygen atoms in total.